The fraction of sp³-hybridized carbons (Fsp3) is 0.273. The van der Waals surface area contributed by atoms with Crippen molar-refractivity contribution in [3.8, 4) is 5.75 Å². The van der Waals surface area contributed by atoms with E-state index in [4.69, 9.17) is 9.26 Å². The summed E-state index contributed by atoms with van der Waals surface area (Å²) in [5.74, 6) is 1.62. The average Bonchev–Trinajstić information content (AvgIpc) is 3.11. The number of fused-ring (bicyclic) bond motifs is 1. The monoisotopic (exact) mass is 362 g/mol. The van der Waals surface area contributed by atoms with Gasteiger partial charge in [-0.05, 0) is 42.2 Å². The second-order valence-electron chi connectivity index (χ2n) is 6.82. The second-order valence-corrected chi connectivity index (χ2v) is 6.82. The number of methoxy groups -OCH3 is 1. The Bertz CT molecular complexity index is 949. The van der Waals surface area contributed by atoms with Crippen molar-refractivity contribution in [3.63, 3.8) is 0 Å². The molecule has 5 nitrogen and oxygen atoms in total. The third-order valence-electron chi connectivity index (χ3n) is 5.02. The largest absolute Gasteiger partial charge is 0.497 e. The fourth-order valence-electron chi connectivity index (χ4n) is 3.75. The molecule has 0 fully saturated rings. The van der Waals surface area contributed by atoms with E-state index in [1.165, 1.54) is 5.56 Å². The van der Waals surface area contributed by atoms with E-state index in [-0.39, 0.29) is 18.4 Å². The van der Waals surface area contributed by atoms with Crippen LogP contribution in [0.15, 0.2) is 59.1 Å². The first kappa shape index (κ1) is 17.3. The van der Waals surface area contributed by atoms with Crippen molar-refractivity contribution < 1.29 is 14.1 Å². The zero-order chi connectivity index (χ0) is 18.8. The van der Waals surface area contributed by atoms with Crippen molar-refractivity contribution >= 4 is 5.91 Å². The van der Waals surface area contributed by atoms with Crippen LogP contribution in [0.3, 0.4) is 0 Å². The maximum absolute atomic E-state index is 13.1. The molecule has 2 heterocycles. The summed E-state index contributed by atoms with van der Waals surface area (Å²) in [6.07, 6.45) is 1.05. The Morgan fingerprint density at radius 3 is 2.74 bits per heavy atom. The molecule has 0 bridgehead atoms. The van der Waals surface area contributed by atoms with Crippen LogP contribution < -0.4 is 4.74 Å². The molecule has 1 aromatic heterocycles. The number of ether oxygens (including phenoxy) is 1. The lowest BCUT2D eigenvalue weighted by molar-refractivity contribution is -0.132. The van der Waals surface area contributed by atoms with Crippen LogP contribution in [-0.4, -0.2) is 29.6 Å². The van der Waals surface area contributed by atoms with E-state index in [2.05, 4.69) is 29.4 Å². The van der Waals surface area contributed by atoms with Gasteiger partial charge in [0.05, 0.1) is 25.3 Å². The predicted octanol–water partition coefficient (Wildman–Crippen LogP) is 3.71. The third-order valence-corrected chi connectivity index (χ3v) is 5.02. The molecule has 1 unspecified atom stereocenters. The molecular weight excluding hydrogens is 340 g/mol. The summed E-state index contributed by atoms with van der Waals surface area (Å²) >= 11 is 0. The SMILES string of the molecule is COc1ccc2c(c1)CCN(C(=O)Cc1cc(C)on1)C2c1ccccc1. The van der Waals surface area contributed by atoms with Gasteiger partial charge in [-0.3, -0.25) is 4.79 Å². The van der Waals surface area contributed by atoms with Gasteiger partial charge in [0.25, 0.3) is 0 Å². The number of carbonyl (C=O) groups excluding carboxylic acids is 1. The number of amides is 1. The topological polar surface area (TPSA) is 55.6 Å². The predicted molar refractivity (Wildman–Crippen MR) is 102 cm³/mol. The van der Waals surface area contributed by atoms with Gasteiger partial charge in [-0.1, -0.05) is 41.6 Å². The van der Waals surface area contributed by atoms with Crippen molar-refractivity contribution in [1.29, 1.82) is 0 Å². The summed E-state index contributed by atoms with van der Waals surface area (Å²) in [5, 5.41) is 3.98. The third kappa shape index (κ3) is 3.45. The minimum absolute atomic E-state index is 0.0543. The number of rotatable bonds is 4. The van der Waals surface area contributed by atoms with Gasteiger partial charge in [0, 0.05) is 12.6 Å². The van der Waals surface area contributed by atoms with Crippen LogP contribution in [0.5, 0.6) is 5.75 Å². The lowest BCUT2D eigenvalue weighted by Crippen LogP contribution is -2.41. The Hall–Kier alpha value is -3.08. The molecule has 0 radical (unpaired) electrons. The summed E-state index contributed by atoms with van der Waals surface area (Å²) in [6.45, 7) is 2.49. The molecule has 1 atom stereocenters. The van der Waals surface area contributed by atoms with Crippen LogP contribution in [-0.2, 0) is 17.6 Å². The second kappa shape index (κ2) is 7.27. The fourth-order valence-corrected chi connectivity index (χ4v) is 3.75. The van der Waals surface area contributed by atoms with E-state index in [9.17, 15) is 4.79 Å². The molecule has 27 heavy (non-hydrogen) atoms. The Labute approximate surface area is 158 Å². The molecule has 0 N–H and O–H groups in total. The first-order valence-corrected chi connectivity index (χ1v) is 9.09. The van der Waals surface area contributed by atoms with Crippen molar-refractivity contribution in [2.75, 3.05) is 13.7 Å². The van der Waals surface area contributed by atoms with Crippen molar-refractivity contribution in [1.82, 2.24) is 10.1 Å². The van der Waals surface area contributed by atoms with Gasteiger partial charge in [0.15, 0.2) is 0 Å². The molecule has 4 rings (SSSR count). The Balaban J connectivity index is 1.70. The first-order valence-electron chi connectivity index (χ1n) is 9.09. The van der Waals surface area contributed by atoms with Crippen molar-refractivity contribution in [2.24, 2.45) is 0 Å². The van der Waals surface area contributed by atoms with Gasteiger partial charge in [-0.15, -0.1) is 0 Å². The van der Waals surface area contributed by atoms with Crippen LogP contribution >= 0.6 is 0 Å². The van der Waals surface area contributed by atoms with Crippen LogP contribution in [0.25, 0.3) is 0 Å². The van der Waals surface area contributed by atoms with E-state index in [0.717, 1.165) is 23.3 Å². The summed E-state index contributed by atoms with van der Waals surface area (Å²) < 4.78 is 10.5. The van der Waals surface area contributed by atoms with E-state index in [1.54, 1.807) is 7.11 Å². The summed E-state index contributed by atoms with van der Waals surface area (Å²) in [7, 11) is 1.68. The molecule has 3 aromatic rings. The normalized spacial score (nSPS) is 16.1. The van der Waals surface area contributed by atoms with E-state index in [1.807, 2.05) is 42.2 Å². The van der Waals surface area contributed by atoms with E-state index in [0.29, 0.717) is 18.0 Å². The zero-order valence-electron chi connectivity index (χ0n) is 15.5. The molecule has 0 saturated carbocycles. The maximum atomic E-state index is 13.1. The van der Waals surface area contributed by atoms with Gasteiger partial charge < -0.3 is 14.2 Å². The van der Waals surface area contributed by atoms with Crippen LogP contribution in [0.2, 0.25) is 0 Å². The number of hydrogen-bond acceptors (Lipinski definition) is 4. The van der Waals surface area contributed by atoms with Gasteiger partial charge in [0.2, 0.25) is 5.91 Å². The lowest BCUT2D eigenvalue weighted by Gasteiger charge is -2.38. The summed E-state index contributed by atoms with van der Waals surface area (Å²) in [5.41, 5.74) is 4.15. The molecule has 0 saturated heterocycles. The molecule has 138 valence electrons. The Morgan fingerprint density at radius 1 is 1.22 bits per heavy atom. The van der Waals surface area contributed by atoms with Crippen LogP contribution in [0, 0.1) is 6.92 Å². The maximum Gasteiger partial charge on any atom is 0.229 e. The number of carbonyl (C=O) groups is 1. The quantitative estimate of drug-likeness (QED) is 0.710. The number of aryl methyl sites for hydroxylation is 1. The number of benzene rings is 2. The number of aromatic nitrogens is 1. The molecular formula is C22H22N2O3. The molecule has 1 aliphatic rings. The summed E-state index contributed by atoms with van der Waals surface area (Å²) in [6, 6.07) is 18.0. The Morgan fingerprint density at radius 2 is 2.04 bits per heavy atom. The summed E-state index contributed by atoms with van der Waals surface area (Å²) in [4.78, 5) is 15.1. The smallest absolute Gasteiger partial charge is 0.229 e. The molecule has 1 amide bonds. The van der Waals surface area contributed by atoms with Gasteiger partial charge in [0.1, 0.15) is 11.5 Å². The lowest BCUT2D eigenvalue weighted by atomic mass is 9.87. The van der Waals surface area contributed by atoms with Gasteiger partial charge in [-0.25, -0.2) is 0 Å². The standard InChI is InChI=1S/C22H22N2O3/c1-15-12-18(23-27-15)14-21(25)24-11-10-17-13-19(26-2)8-9-20(17)22(24)16-6-4-3-5-7-16/h3-9,12-13,22H,10-11,14H2,1-2H3. The van der Waals surface area contributed by atoms with E-state index >= 15 is 0 Å². The highest BCUT2D eigenvalue weighted by Crippen LogP contribution is 2.37. The average molecular weight is 362 g/mol. The number of hydrogen-bond donors (Lipinski definition) is 0. The van der Waals surface area contributed by atoms with Gasteiger partial charge in [-0.2, -0.15) is 0 Å². The van der Waals surface area contributed by atoms with Crippen LogP contribution in [0.1, 0.15) is 34.2 Å². The molecule has 0 spiro atoms. The van der Waals surface area contributed by atoms with Gasteiger partial charge >= 0.3 is 0 Å². The highest BCUT2D eigenvalue weighted by molar-refractivity contribution is 5.80. The van der Waals surface area contributed by atoms with E-state index < -0.39 is 0 Å². The minimum Gasteiger partial charge on any atom is -0.497 e. The molecule has 0 aliphatic carbocycles. The minimum atomic E-state index is -0.110. The number of nitrogens with zero attached hydrogens (tertiary/aromatic N) is 2. The molecule has 2 aromatic carbocycles. The molecule has 5 heteroatoms. The molecule has 1 aliphatic heterocycles. The van der Waals surface area contributed by atoms with Crippen molar-refractivity contribution in [3.05, 3.63) is 82.7 Å². The highest BCUT2D eigenvalue weighted by Gasteiger charge is 2.32. The highest BCUT2D eigenvalue weighted by atomic mass is 16.5. The first-order chi connectivity index (χ1) is 13.2. The zero-order valence-corrected chi connectivity index (χ0v) is 15.5. The van der Waals surface area contributed by atoms with Crippen molar-refractivity contribution in [2.45, 2.75) is 25.8 Å². The van der Waals surface area contributed by atoms with Crippen LogP contribution in [0.4, 0.5) is 0 Å². The Kier molecular flexibility index (Phi) is 4.67.